The molecule has 0 unspecified atom stereocenters. The number of alkyl halides is 3. The highest BCUT2D eigenvalue weighted by molar-refractivity contribution is 5.68. The number of hydrogen-bond acceptors (Lipinski definition) is 5. The van der Waals surface area contributed by atoms with E-state index in [1.807, 2.05) is 0 Å². The summed E-state index contributed by atoms with van der Waals surface area (Å²) >= 11 is 0. The van der Waals surface area contributed by atoms with Crippen molar-refractivity contribution in [2.45, 2.75) is 51.6 Å². The summed E-state index contributed by atoms with van der Waals surface area (Å²) in [6.45, 7) is 6.18. The summed E-state index contributed by atoms with van der Waals surface area (Å²) in [5.41, 5.74) is 4.59. The number of pyridine rings is 1. The van der Waals surface area contributed by atoms with Crippen molar-refractivity contribution >= 4 is 11.9 Å². The van der Waals surface area contributed by atoms with Crippen molar-refractivity contribution in [3.05, 3.63) is 23.4 Å². The highest BCUT2D eigenvalue weighted by atomic mass is 19.4. The molecule has 0 spiro atoms. The second-order valence-electron chi connectivity index (χ2n) is 6.96. The maximum atomic E-state index is 12.9. The van der Waals surface area contributed by atoms with Crippen LogP contribution in [0.3, 0.4) is 0 Å². The smallest absolute Gasteiger partial charge is 0.433 e. The van der Waals surface area contributed by atoms with Crippen LogP contribution in [0.25, 0.3) is 0 Å². The van der Waals surface area contributed by atoms with Crippen molar-refractivity contribution in [2.24, 2.45) is 5.73 Å². The summed E-state index contributed by atoms with van der Waals surface area (Å²) in [6, 6.07) is 2.05. The van der Waals surface area contributed by atoms with Gasteiger partial charge >= 0.3 is 12.3 Å². The molecule has 140 valence electrons. The second-order valence-corrected chi connectivity index (χ2v) is 6.96. The van der Waals surface area contributed by atoms with E-state index in [1.54, 1.807) is 25.7 Å². The van der Waals surface area contributed by atoms with Gasteiger partial charge in [0, 0.05) is 25.2 Å². The normalized spacial score (nSPS) is 18.4. The molecule has 1 amide bonds. The van der Waals surface area contributed by atoms with Gasteiger partial charge in [-0.15, -0.1) is 0 Å². The van der Waals surface area contributed by atoms with Crippen LogP contribution in [0.2, 0.25) is 0 Å². The third-order valence-corrected chi connectivity index (χ3v) is 3.67. The van der Waals surface area contributed by atoms with Gasteiger partial charge in [-0.2, -0.15) is 13.2 Å². The van der Waals surface area contributed by atoms with Gasteiger partial charge in [-0.3, -0.25) is 0 Å². The fourth-order valence-corrected chi connectivity index (χ4v) is 2.61. The van der Waals surface area contributed by atoms with Gasteiger partial charge in [0.15, 0.2) is 0 Å². The van der Waals surface area contributed by atoms with E-state index in [-0.39, 0.29) is 18.4 Å². The molecule has 1 saturated heterocycles. The number of ether oxygens (including phenoxy) is 1. The molecule has 1 aromatic heterocycles. The number of alkyl carbamates (subject to hydrolysis) is 1. The molecule has 0 bridgehead atoms. The predicted molar refractivity (Wildman–Crippen MR) is 87.1 cm³/mol. The number of nitrogens with two attached hydrogens (primary N) is 1. The number of carbonyl (C=O) groups excluding carboxylic acids is 1. The number of halogens is 3. The second kappa shape index (κ2) is 7.07. The number of carbonyl (C=O) groups is 1. The van der Waals surface area contributed by atoms with Gasteiger partial charge in [0.2, 0.25) is 0 Å². The Bertz CT molecular complexity index is 629. The largest absolute Gasteiger partial charge is 0.444 e. The number of hydrogen-bond donors (Lipinski definition) is 2. The van der Waals surface area contributed by atoms with E-state index in [0.29, 0.717) is 25.1 Å². The van der Waals surface area contributed by atoms with Gasteiger partial charge in [-0.25, -0.2) is 9.78 Å². The molecule has 0 aliphatic carbocycles. The molecule has 0 saturated carbocycles. The van der Waals surface area contributed by atoms with Crippen LogP contribution in [0, 0.1) is 0 Å². The number of nitrogens with one attached hydrogen (secondary N) is 1. The van der Waals surface area contributed by atoms with Crippen LogP contribution >= 0.6 is 0 Å². The van der Waals surface area contributed by atoms with Gasteiger partial charge < -0.3 is 20.7 Å². The minimum absolute atomic E-state index is 0.0845. The van der Waals surface area contributed by atoms with E-state index in [0.717, 1.165) is 6.07 Å². The first-order chi connectivity index (χ1) is 11.5. The zero-order valence-corrected chi connectivity index (χ0v) is 14.5. The summed E-state index contributed by atoms with van der Waals surface area (Å²) in [4.78, 5) is 17.3. The highest BCUT2D eigenvalue weighted by Crippen LogP contribution is 2.31. The summed E-state index contributed by atoms with van der Waals surface area (Å²) in [6.07, 6.45) is -4.48. The number of rotatable bonds is 3. The maximum Gasteiger partial charge on any atom is 0.433 e. The van der Waals surface area contributed by atoms with Crippen molar-refractivity contribution < 1.29 is 22.7 Å². The van der Waals surface area contributed by atoms with Crippen molar-refractivity contribution in [3.8, 4) is 0 Å². The molecule has 1 atom stereocenters. The van der Waals surface area contributed by atoms with Crippen molar-refractivity contribution in [3.63, 3.8) is 0 Å². The van der Waals surface area contributed by atoms with Crippen LogP contribution in [-0.2, 0) is 17.5 Å². The summed E-state index contributed by atoms with van der Waals surface area (Å²) in [7, 11) is 0. The summed E-state index contributed by atoms with van der Waals surface area (Å²) in [5.74, 6) is 0.214. The molecule has 2 heterocycles. The van der Waals surface area contributed by atoms with Gasteiger partial charge in [0.05, 0.1) is 6.04 Å². The molecule has 0 radical (unpaired) electrons. The molecule has 1 fully saturated rings. The van der Waals surface area contributed by atoms with Crippen LogP contribution < -0.4 is 16.0 Å². The fourth-order valence-electron chi connectivity index (χ4n) is 2.61. The molecule has 6 nitrogen and oxygen atoms in total. The Balaban J connectivity index is 2.09. The number of amides is 1. The minimum atomic E-state index is -4.52. The standard InChI is InChI=1S/C16H23F3N4O2/c1-15(2,3)25-14(24)21-11-6-7-23(9-11)13-10(8-20)4-5-12(22-13)16(17,18)19/h4-5,11H,6-9,20H2,1-3H3,(H,21,24)/t11-/m0/s1. The van der Waals surface area contributed by atoms with E-state index in [4.69, 9.17) is 10.5 Å². The lowest BCUT2D eigenvalue weighted by Gasteiger charge is -2.23. The molecule has 2 rings (SSSR count). The van der Waals surface area contributed by atoms with Gasteiger partial charge in [0.1, 0.15) is 17.1 Å². The third kappa shape index (κ3) is 5.22. The van der Waals surface area contributed by atoms with E-state index in [9.17, 15) is 18.0 Å². The lowest BCUT2D eigenvalue weighted by atomic mass is 10.2. The third-order valence-electron chi connectivity index (χ3n) is 3.67. The van der Waals surface area contributed by atoms with Gasteiger partial charge in [0.25, 0.3) is 0 Å². The van der Waals surface area contributed by atoms with E-state index >= 15 is 0 Å². The average Bonchev–Trinajstić information content (AvgIpc) is 2.91. The highest BCUT2D eigenvalue weighted by Gasteiger charge is 2.34. The van der Waals surface area contributed by atoms with Crippen LogP contribution in [0.15, 0.2) is 12.1 Å². The first-order valence-corrected chi connectivity index (χ1v) is 8.01. The zero-order chi connectivity index (χ0) is 18.8. The maximum absolute atomic E-state index is 12.9. The Morgan fingerprint density at radius 3 is 2.64 bits per heavy atom. The Kier molecular flexibility index (Phi) is 5.46. The van der Waals surface area contributed by atoms with Gasteiger partial charge in [-0.05, 0) is 33.3 Å². The zero-order valence-electron chi connectivity index (χ0n) is 14.5. The lowest BCUT2D eigenvalue weighted by molar-refractivity contribution is -0.141. The molecule has 0 aromatic carbocycles. The van der Waals surface area contributed by atoms with E-state index < -0.39 is 23.6 Å². The molecule has 25 heavy (non-hydrogen) atoms. The molecular weight excluding hydrogens is 337 g/mol. The number of aromatic nitrogens is 1. The molecule has 1 aliphatic rings. The Morgan fingerprint density at radius 1 is 1.40 bits per heavy atom. The van der Waals surface area contributed by atoms with E-state index in [1.165, 1.54) is 6.07 Å². The van der Waals surface area contributed by atoms with Crippen LogP contribution in [0.5, 0.6) is 0 Å². The number of anilines is 1. The first-order valence-electron chi connectivity index (χ1n) is 8.01. The van der Waals surface area contributed by atoms with E-state index in [2.05, 4.69) is 10.3 Å². The Morgan fingerprint density at radius 2 is 2.08 bits per heavy atom. The average molecular weight is 360 g/mol. The minimum Gasteiger partial charge on any atom is -0.444 e. The number of nitrogens with zero attached hydrogens (tertiary/aromatic N) is 2. The van der Waals surface area contributed by atoms with Gasteiger partial charge in [-0.1, -0.05) is 6.07 Å². The Hall–Kier alpha value is -2.03. The first kappa shape index (κ1) is 19.3. The topological polar surface area (TPSA) is 80.5 Å². The molecule has 1 aromatic rings. The van der Waals surface area contributed by atoms with Crippen LogP contribution in [0.1, 0.15) is 38.4 Å². The molecular formula is C16H23F3N4O2. The molecule has 3 N–H and O–H groups in total. The van der Waals surface area contributed by atoms with Crippen molar-refractivity contribution in [1.29, 1.82) is 0 Å². The molecule has 1 aliphatic heterocycles. The fraction of sp³-hybridized carbons (Fsp3) is 0.625. The quantitative estimate of drug-likeness (QED) is 0.866. The van der Waals surface area contributed by atoms with Crippen molar-refractivity contribution in [2.75, 3.05) is 18.0 Å². The predicted octanol–water partition coefficient (Wildman–Crippen LogP) is 2.66. The van der Waals surface area contributed by atoms with Crippen molar-refractivity contribution in [1.82, 2.24) is 10.3 Å². The monoisotopic (exact) mass is 360 g/mol. The summed E-state index contributed by atoms with van der Waals surface area (Å²) in [5, 5.41) is 2.73. The SMILES string of the molecule is CC(C)(C)OC(=O)N[C@H]1CCN(c2nc(C(F)(F)F)ccc2CN)C1. The van der Waals surface area contributed by atoms with Crippen LogP contribution in [0.4, 0.5) is 23.8 Å². The molecule has 9 heteroatoms. The summed E-state index contributed by atoms with van der Waals surface area (Å²) < 4.78 is 43.9. The van der Waals surface area contributed by atoms with Crippen LogP contribution in [-0.4, -0.2) is 35.8 Å². The Labute approximate surface area is 144 Å². The lowest BCUT2D eigenvalue weighted by Crippen LogP contribution is -2.40.